The monoisotopic (exact) mass is 296 g/mol. The predicted molar refractivity (Wildman–Crippen MR) is 78.0 cm³/mol. The summed E-state index contributed by atoms with van der Waals surface area (Å²) in [5.41, 5.74) is -0.613. The quantitative estimate of drug-likeness (QED) is 0.745. The van der Waals surface area contributed by atoms with Gasteiger partial charge in [0, 0.05) is 12.6 Å². The molecule has 0 spiro atoms. The van der Waals surface area contributed by atoms with Gasteiger partial charge in [0.15, 0.2) is 0 Å². The second-order valence-electron chi connectivity index (χ2n) is 5.06. The highest BCUT2D eigenvalue weighted by Crippen LogP contribution is 2.28. The predicted octanol–water partition coefficient (Wildman–Crippen LogP) is 1.94. The van der Waals surface area contributed by atoms with Gasteiger partial charge in [-0.25, -0.2) is 4.79 Å². The molecule has 0 atom stereocenters. The minimum absolute atomic E-state index is 0.000447. The van der Waals surface area contributed by atoms with Crippen LogP contribution >= 0.6 is 0 Å². The first-order valence-corrected chi connectivity index (χ1v) is 6.30. The molecule has 0 saturated heterocycles. The Kier molecular flexibility index (Phi) is 5.40. The van der Waals surface area contributed by atoms with Crippen LogP contribution in [0, 0.1) is 5.41 Å². The van der Waals surface area contributed by atoms with Gasteiger partial charge in [-0.3, -0.25) is 4.79 Å². The molecule has 116 valence electrons. The molecule has 7 nitrogen and oxygen atoms in total. The van der Waals surface area contributed by atoms with Crippen molar-refractivity contribution in [2.45, 2.75) is 13.8 Å². The number of rotatable bonds is 6. The third-order valence-electron chi connectivity index (χ3n) is 2.92. The number of urea groups is 1. The van der Waals surface area contributed by atoms with Crippen LogP contribution in [0.25, 0.3) is 0 Å². The summed E-state index contributed by atoms with van der Waals surface area (Å²) < 4.78 is 10.2. The van der Waals surface area contributed by atoms with Gasteiger partial charge in [0.1, 0.15) is 11.5 Å². The average Bonchev–Trinajstić information content (AvgIpc) is 2.45. The van der Waals surface area contributed by atoms with Crippen LogP contribution in [0.4, 0.5) is 10.5 Å². The molecule has 0 radical (unpaired) electrons. The number of benzene rings is 1. The van der Waals surface area contributed by atoms with Gasteiger partial charge in [0.05, 0.1) is 25.3 Å². The number of aliphatic carboxylic acids is 1. The standard InChI is InChI=1S/C14H20N2O5/c1-14(2,12(17)18)8-15-13(19)16-10-7-9(20-3)5-6-11(10)21-4/h5-7H,8H2,1-4H3,(H,17,18)(H2,15,16,19). The molecule has 0 fully saturated rings. The molecule has 2 amide bonds. The molecule has 0 aliphatic carbocycles. The fourth-order valence-electron chi connectivity index (χ4n) is 1.46. The molecule has 21 heavy (non-hydrogen) atoms. The smallest absolute Gasteiger partial charge is 0.319 e. The van der Waals surface area contributed by atoms with Crippen molar-refractivity contribution < 1.29 is 24.2 Å². The van der Waals surface area contributed by atoms with E-state index in [0.717, 1.165) is 0 Å². The molecule has 1 aromatic carbocycles. The summed E-state index contributed by atoms with van der Waals surface area (Å²) in [7, 11) is 3.00. The molecule has 3 N–H and O–H groups in total. The Hall–Kier alpha value is -2.44. The summed E-state index contributed by atoms with van der Waals surface area (Å²) >= 11 is 0. The summed E-state index contributed by atoms with van der Waals surface area (Å²) in [6.07, 6.45) is 0. The topological polar surface area (TPSA) is 96.9 Å². The molecule has 0 heterocycles. The average molecular weight is 296 g/mol. The summed E-state index contributed by atoms with van der Waals surface area (Å²) in [5.74, 6) is 0.0576. The van der Waals surface area contributed by atoms with E-state index in [9.17, 15) is 9.59 Å². The van der Waals surface area contributed by atoms with Gasteiger partial charge in [0.2, 0.25) is 0 Å². The molecule has 0 aliphatic rings. The Morgan fingerprint density at radius 3 is 2.43 bits per heavy atom. The van der Waals surface area contributed by atoms with Gasteiger partial charge in [-0.1, -0.05) is 0 Å². The van der Waals surface area contributed by atoms with Crippen molar-refractivity contribution in [1.82, 2.24) is 5.32 Å². The number of methoxy groups -OCH3 is 2. The second kappa shape index (κ2) is 6.83. The van der Waals surface area contributed by atoms with Crippen LogP contribution in [-0.2, 0) is 4.79 Å². The van der Waals surface area contributed by atoms with Gasteiger partial charge in [-0.05, 0) is 26.0 Å². The molecular weight excluding hydrogens is 276 g/mol. The third kappa shape index (κ3) is 4.55. The second-order valence-corrected chi connectivity index (χ2v) is 5.06. The molecule has 0 aliphatic heterocycles. The van der Waals surface area contributed by atoms with Crippen molar-refractivity contribution in [3.05, 3.63) is 18.2 Å². The number of carboxylic acid groups (broad SMARTS) is 1. The maximum atomic E-state index is 11.8. The summed E-state index contributed by atoms with van der Waals surface area (Å²) in [4.78, 5) is 22.8. The number of anilines is 1. The van der Waals surface area contributed by atoms with E-state index in [4.69, 9.17) is 14.6 Å². The van der Waals surface area contributed by atoms with E-state index in [-0.39, 0.29) is 6.54 Å². The fourth-order valence-corrected chi connectivity index (χ4v) is 1.46. The van der Waals surface area contributed by atoms with Crippen LogP contribution in [0.2, 0.25) is 0 Å². The number of hydrogen-bond donors (Lipinski definition) is 3. The molecule has 1 aromatic rings. The summed E-state index contributed by atoms with van der Waals surface area (Å²) in [5, 5.41) is 14.1. The maximum absolute atomic E-state index is 11.8. The fraction of sp³-hybridized carbons (Fsp3) is 0.429. The van der Waals surface area contributed by atoms with Crippen LogP contribution in [0.3, 0.4) is 0 Å². The number of carboxylic acids is 1. The van der Waals surface area contributed by atoms with Crippen LogP contribution in [0.1, 0.15) is 13.8 Å². The Morgan fingerprint density at radius 2 is 1.90 bits per heavy atom. The minimum Gasteiger partial charge on any atom is -0.497 e. The zero-order valence-electron chi connectivity index (χ0n) is 12.5. The normalized spacial score (nSPS) is 10.7. The first-order valence-electron chi connectivity index (χ1n) is 6.30. The Labute approximate surface area is 123 Å². The lowest BCUT2D eigenvalue weighted by atomic mass is 9.94. The minimum atomic E-state index is -1.05. The van der Waals surface area contributed by atoms with Gasteiger partial charge in [0.25, 0.3) is 0 Å². The number of carbonyl (C=O) groups is 2. The largest absolute Gasteiger partial charge is 0.497 e. The first-order chi connectivity index (χ1) is 9.80. The zero-order valence-corrected chi connectivity index (χ0v) is 12.5. The lowest BCUT2D eigenvalue weighted by Crippen LogP contribution is -2.40. The number of amides is 2. The van der Waals surface area contributed by atoms with Gasteiger partial charge in [-0.2, -0.15) is 0 Å². The lowest BCUT2D eigenvalue weighted by molar-refractivity contribution is -0.146. The highest BCUT2D eigenvalue weighted by molar-refractivity contribution is 5.91. The third-order valence-corrected chi connectivity index (χ3v) is 2.92. The SMILES string of the molecule is COc1ccc(OC)c(NC(=O)NCC(C)(C)C(=O)O)c1. The van der Waals surface area contributed by atoms with Gasteiger partial charge in [-0.15, -0.1) is 0 Å². The number of ether oxygens (including phenoxy) is 2. The molecule has 0 unspecified atom stereocenters. The van der Waals surface area contributed by atoms with Crippen molar-refractivity contribution in [1.29, 1.82) is 0 Å². The van der Waals surface area contributed by atoms with E-state index in [1.807, 2.05) is 0 Å². The van der Waals surface area contributed by atoms with E-state index < -0.39 is 17.4 Å². The van der Waals surface area contributed by atoms with E-state index in [1.165, 1.54) is 28.1 Å². The highest BCUT2D eigenvalue weighted by atomic mass is 16.5. The van der Waals surface area contributed by atoms with Crippen molar-refractivity contribution in [3.63, 3.8) is 0 Å². The molecule has 0 aromatic heterocycles. The van der Waals surface area contributed by atoms with Crippen LogP contribution in [0.5, 0.6) is 11.5 Å². The van der Waals surface area contributed by atoms with E-state index in [1.54, 1.807) is 18.2 Å². The van der Waals surface area contributed by atoms with Crippen LogP contribution < -0.4 is 20.1 Å². The lowest BCUT2D eigenvalue weighted by Gasteiger charge is -2.20. The maximum Gasteiger partial charge on any atom is 0.319 e. The highest BCUT2D eigenvalue weighted by Gasteiger charge is 2.27. The number of carbonyl (C=O) groups excluding carboxylic acids is 1. The Bertz CT molecular complexity index is 528. The van der Waals surface area contributed by atoms with E-state index in [2.05, 4.69) is 10.6 Å². The molecule has 1 rings (SSSR count). The summed E-state index contributed by atoms with van der Waals surface area (Å²) in [6.45, 7) is 3.06. The van der Waals surface area contributed by atoms with Gasteiger partial charge >= 0.3 is 12.0 Å². The molecular formula is C14H20N2O5. The Morgan fingerprint density at radius 1 is 1.24 bits per heavy atom. The van der Waals surface area contributed by atoms with E-state index in [0.29, 0.717) is 17.2 Å². The zero-order chi connectivity index (χ0) is 16.0. The molecule has 0 saturated carbocycles. The van der Waals surface area contributed by atoms with Crippen molar-refractivity contribution in [2.24, 2.45) is 5.41 Å². The van der Waals surface area contributed by atoms with Crippen LogP contribution in [0.15, 0.2) is 18.2 Å². The van der Waals surface area contributed by atoms with Gasteiger partial charge < -0.3 is 25.2 Å². The van der Waals surface area contributed by atoms with Crippen molar-refractivity contribution in [3.8, 4) is 11.5 Å². The van der Waals surface area contributed by atoms with Crippen molar-refractivity contribution in [2.75, 3.05) is 26.1 Å². The molecule has 7 heteroatoms. The molecule has 0 bridgehead atoms. The first kappa shape index (κ1) is 16.6. The summed E-state index contributed by atoms with van der Waals surface area (Å²) in [6, 6.07) is 4.46. The number of nitrogens with one attached hydrogen (secondary N) is 2. The Balaban J connectivity index is 2.72. The van der Waals surface area contributed by atoms with Crippen LogP contribution in [-0.4, -0.2) is 37.9 Å². The van der Waals surface area contributed by atoms with Crippen molar-refractivity contribution >= 4 is 17.7 Å². The number of hydrogen-bond acceptors (Lipinski definition) is 4. The van der Waals surface area contributed by atoms with E-state index >= 15 is 0 Å².